The third kappa shape index (κ3) is 3.68. The highest BCUT2D eigenvalue weighted by molar-refractivity contribution is 7.92. The van der Waals surface area contributed by atoms with Crippen LogP contribution >= 0.6 is 0 Å². The normalized spacial score (nSPS) is 11.5. The van der Waals surface area contributed by atoms with E-state index in [0.29, 0.717) is 11.8 Å². The van der Waals surface area contributed by atoms with Gasteiger partial charge in [-0.05, 0) is 37.1 Å². The van der Waals surface area contributed by atoms with Crippen LogP contribution < -0.4 is 4.31 Å². The van der Waals surface area contributed by atoms with Crippen LogP contribution in [0.4, 0.5) is 14.5 Å². The van der Waals surface area contributed by atoms with E-state index in [1.54, 1.807) is 30.3 Å². The summed E-state index contributed by atoms with van der Waals surface area (Å²) in [5, 5.41) is 8.99. The predicted octanol–water partition coefficient (Wildman–Crippen LogP) is 2.85. The molecule has 2 rings (SSSR count). The first-order valence-corrected chi connectivity index (χ1v) is 8.46. The number of para-hydroxylation sites is 1. The van der Waals surface area contributed by atoms with Gasteiger partial charge in [0.25, 0.3) is 10.0 Å². The Labute approximate surface area is 134 Å². The fourth-order valence-electron chi connectivity index (χ4n) is 2.14. The molecule has 124 valence electrons. The number of rotatable bonds is 6. The van der Waals surface area contributed by atoms with Crippen molar-refractivity contribution in [3.8, 4) is 0 Å². The average molecular weight is 341 g/mol. The molecule has 0 aliphatic heterocycles. The summed E-state index contributed by atoms with van der Waals surface area (Å²) in [4.78, 5) is -0.585. The monoisotopic (exact) mass is 341 g/mol. The Bertz CT molecular complexity index is 779. The Kier molecular flexibility index (Phi) is 5.33. The minimum atomic E-state index is -4.22. The summed E-state index contributed by atoms with van der Waals surface area (Å²) in [5.74, 6) is -1.94. The Morgan fingerprint density at radius 2 is 1.74 bits per heavy atom. The van der Waals surface area contributed by atoms with Crippen molar-refractivity contribution in [2.24, 2.45) is 0 Å². The van der Waals surface area contributed by atoms with E-state index in [-0.39, 0.29) is 25.1 Å². The molecule has 23 heavy (non-hydrogen) atoms. The molecular formula is C16H17F2NO3S. The highest BCUT2D eigenvalue weighted by atomic mass is 32.2. The van der Waals surface area contributed by atoms with E-state index in [4.69, 9.17) is 5.11 Å². The lowest BCUT2D eigenvalue weighted by atomic mass is 10.2. The van der Waals surface area contributed by atoms with Gasteiger partial charge in [0.05, 0.1) is 5.69 Å². The highest BCUT2D eigenvalue weighted by Gasteiger charge is 2.28. The lowest BCUT2D eigenvalue weighted by molar-refractivity contribution is 0.291. The van der Waals surface area contributed by atoms with Gasteiger partial charge in [-0.25, -0.2) is 17.2 Å². The quantitative estimate of drug-likeness (QED) is 0.879. The van der Waals surface area contributed by atoms with E-state index in [1.807, 2.05) is 0 Å². The summed E-state index contributed by atoms with van der Waals surface area (Å²) in [6.45, 7) is 1.15. The molecule has 4 nitrogen and oxygen atoms in total. The fraction of sp³-hybridized carbons (Fsp3) is 0.250. The second-order valence-corrected chi connectivity index (χ2v) is 6.85. The van der Waals surface area contributed by atoms with Gasteiger partial charge in [0.15, 0.2) is 0 Å². The first-order valence-electron chi connectivity index (χ1n) is 7.02. The van der Waals surface area contributed by atoms with Crippen molar-refractivity contribution < 1.29 is 22.3 Å². The third-order valence-electron chi connectivity index (χ3n) is 3.34. The van der Waals surface area contributed by atoms with Crippen LogP contribution in [0.15, 0.2) is 47.4 Å². The van der Waals surface area contributed by atoms with Crippen LogP contribution in [0.5, 0.6) is 0 Å². The van der Waals surface area contributed by atoms with Crippen molar-refractivity contribution >= 4 is 15.7 Å². The molecular weight excluding hydrogens is 324 g/mol. The molecule has 0 saturated heterocycles. The number of aliphatic hydroxyl groups is 1. The van der Waals surface area contributed by atoms with Gasteiger partial charge >= 0.3 is 0 Å². The predicted molar refractivity (Wildman–Crippen MR) is 83.8 cm³/mol. The van der Waals surface area contributed by atoms with Crippen molar-refractivity contribution in [2.75, 3.05) is 17.5 Å². The minimum absolute atomic E-state index is 0.0152. The summed E-state index contributed by atoms with van der Waals surface area (Å²) >= 11 is 0. The number of aliphatic hydroxyl groups excluding tert-OH is 1. The number of aryl methyl sites for hydroxylation is 1. The Balaban J connectivity index is 2.55. The molecule has 1 N–H and O–H groups in total. The molecule has 2 aromatic carbocycles. The van der Waals surface area contributed by atoms with Crippen LogP contribution in [0.2, 0.25) is 0 Å². The number of sulfonamides is 1. The largest absolute Gasteiger partial charge is 0.396 e. The maximum atomic E-state index is 14.0. The zero-order valence-corrected chi connectivity index (χ0v) is 13.4. The smallest absolute Gasteiger partial charge is 0.267 e. The van der Waals surface area contributed by atoms with E-state index in [1.165, 1.54) is 6.92 Å². The van der Waals surface area contributed by atoms with Crippen LogP contribution in [0.3, 0.4) is 0 Å². The standard InChI is InChI=1S/C16H17F2NO3S/c1-12-10-16(15(18)11-14(12)17)23(21,22)19(8-5-9-20)13-6-3-2-4-7-13/h2-4,6-7,10-11,20H,5,8-9H2,1H3. The third-order valence-corrected chi connectivity index (χ3v) is 5.19. The van der Waals surface area contributed by atoms with Crippen molar-refractivity contribution in [1.82, 2.24) is 0 Å². The molecule has 0 bridgehead atoms. The van der Waals surface area contributed by atoms with Gasteiger partial charge in [-0.15, -0.1) is 0 Å². The van der Waals surface area contributed by atoms with Gasteiger partial charge in [-0.1, -0.05) is 18.2 Å². The lowest BCUT2D eigenvalue weighted by Gasteiger charge is -2.24. The summed E-state index contributed by atoms with van der Waals surface area (Å²) in [5.41, 5.74) is 0.391. The van der Waals surface area contributed by atoms with Crippen LogP contribution in [-0.2, 0) is 10.0 Å². The minimum Gasteiger partial charge on any atom is -0.396 e. The maximum Gasteiger partial charge on any atom is 0.267 e. The van der Waals surface area contributed by atoms with Gasteiger partial charge in [-0.3, -0.25) is 4.31 Å². The summed E-state index contributed by atoms with van der Waals surface area (Å²) in [6.07, 6.45) is 0.190. The number of hydrogen-bond acceptors (Lipinski definition) is 3. The molecule has 0 heterocycles. The molecule has 0 unspecified atom stereocenters. The summed E-state index contributed by atoms with van der Waals surface area (Å²) in [6, 6.07) is 9.73. The lowest BCUT2D eigenvalue weighted by Crippen LogP contribution is -2.33. The average Bonchev–Trinajstić information content (AvgIpc) is 2.52. The van der Waals surface area contributed by atoms with Gasteiger partial charge in [0.1, 0.15) is 16.5 Å². The topological polar surface area (TPSA) is 57.6 Å². The first-order chi connectivity index (χ1) is 10.9. The second-order valence-electron chi connectivity index (χ2n) is 5.02. The zero-order chi connectivity index (χ0) is 17.0. The molecule has 0 aromatic heterocycles. The number of hydrogen-bond donors (Lipinski definition) is 1. The summed E-state index contributed by atoms with van der Waals surface area (Å²) < 4.78 is 54.0. The fourth-order valence-corrected chi connectivity index (χ4v) is 3.78. The molecule has 0 radical (unpaired) electrons. The molecule has 0 aliphatic carbocycles. The van der Waals surface area contributed by atoms with Crippen LogP contribution in [0.25, 0.3) is 0 Å². The number of nitrogens with zero attached hydrogens (tertiary/aromatic N) is 1. The number of anilines is 1. The van der Waals surface area contributed by atoms with Gasteiger partial charge in [0, 0.05) is 19.2 Å². The van der Waals surface area contributed by atoms with Crippen molar-refractivity contribution in [1.29, 1.82) is 0 Å². The van der Waals surface area contributed by atoms with Gasteiger partial charge < -0.3 is 5.11 Å². The molecule has 0 atom stereocenters. The number of halogens is 2. The highest BCUT2D eigenvalue weighted by Crippen LogP contribution is 2.27. The molecule has 7 heteroatoms. The van der Waals surface area contributed by atoms with Crippen molar-refractivity contribution in [2.45, 2.75) is 18.2 Å². The molecule has 0 saturated carbocycles. The number of benzene rings is 2. The van der Waals surface area contributed by atoms with Crippen LogP contribution in [0.1, 0.15) is 12.0 Å². The van der Waals surface area contributed by atoms with Crippen LogP contribution in [-0.4, -0.2) is 26.7 Å². The van der Waals surface area contributed by atoms with E-state index < -0.39 is 26.6 Å². The summed E-state index contributed by atoms with van der Waals surface area (Å²) in [7, 11) is -4.22. The van der Waals surface area contributed by atoms with Crippen molar-refractivity contribution in [3.63, 3.8) is 0 Å². The van der Waals surface area contributed by atoms with E-state index in [2.05, 4.69) is 0 Å². The molecule has 0 amide bonds. The van der Waals surface area contributed by atoms with Crippen molar-refractivity contribution in [3.05, 3.63) is 59.7 Å². The Hall–Kier alpha value is -1.99. The van der Waals surface area contributed by atoms with E-state index >= 15 is 0 Å². The molecule has 2 aromatic rings. The van der Waals surface area contributed by atoms with E-state index in [9.17, 15) is 17.2 Å². The van der Waals surface area contributed by atoms with Gasteiger partial charge in [0.2, 0.25) is 0 Å². The molecule has 0 fully saturated rings. The SMILES string of the molecule is Cc1cc(S(=O)(=O)N(CCCO)c2ccccc2)c(F)cc1F. The second kappa shape index (κ2) is 7.06. The van der Waals surface area contributed by atoms with E-state index in [0.717, 1.165) is 10.4 Å². The Morgan fingerprint density at radius 1 is 1.09 bits per heavy atom. The molecule has 0 aliphatic rings. The maximum absolute atomic E-state index is 14.0. The van der Waals surface area contributed by atoms with Gasteiger partial charge in [-0.2, -0.15) is 0 Å². The van der Waals surface area contributed by atoms with Crippen LogP contribution in [0, 0.1) is 18.6 Å². The first kappa shape index (κ1) is 17.4. The Morgan fingerprint density at radius 3 is 2.35 bits per heavy atom. The molecule has 0 spiro atoms. The zero-order valence-electron chi connectivity index (χ0n) is 12.5.